The number of aryl methyl sites for hydroxylation is 1. The van der Waals surface area contributed by atoms with Crippen molar-refractivity contribution in [3.8, 4) is 0 Å². The summed E-state index contributed by atoms with van der Waals surface area (Å²) in [5.41, 5.74) is 2.23. The number of carbonyl (C=O) groups is 1. The normalized spacial score (nSPS) is 10.5. The number of carbonyl (C=O) groups excluding carboxylic acids is 1. The van der Waals surface area contributed by atoms with Crippen molar-refractivity contribution in [2.24, 2.45) is 0 Å². The molecule has 19 heavy (non-hydrogen) atoms. The molecule has 0 atom stereocenters. The maximum absolute atomic E-state index is 12.2. The topological polar surface area (TPSA) is 17.1 Å². The molecule has 0 aliphatic rings. The molecule has 2 aromatic carbocycles. The third kappa shape index (κ3) is 3.50. The second-order valence-electron chi connectivity index (χ2n) is 4.30. The standard InChI is InChI=1S/C15H11Cl3O/c1-9-6-10(2-4-13(9)17)15(19)8-11-7-12(16)3-5-14(11)18/h2-7H,8H2,1H3. The van der Waals surface area contributed by atoms with E-state index in [-0.39, 0.29) is 12.2 Å². The minimum atomic E-state index is -0.0102. The predicted octanol–water partition coefficient (Wildman–Crippen LogP) is 5.38. The Labute approximate surface area is 127 Å². The average molecular weight is 314 g/mol. The molecule has 0 aromatic heterocycles. The Hall–Kier alpha value is -1.02. The van der Waals surface area contributed by atoms with E-state index in [2.05, 4.69) is 0 Å². The molecule has 0 aliphatic heterocycles. The van der Waals surface area contributed by atoms with Gasteiger partial charge in [0.15, 0.2) is 5.78 Å². The second-order valence-corrected chi connectivity index (χ2v) is 5.55. The van der Waals surface area contributed by atoms with E-state index in [0.717, 1.165) is 11.1 Å². The monoisotopic (exact) mass is 312 g/mol. The molecule has 0 amide bonds. The lowest BCUT2D eigenvalue weighted by atomic mass is 10.0. The quantitative estimate of drug-likeness (QED) is 0.695. The number of halogens is 3. The molecule has 4 heteroatoms. The van der Waals surface area contributed by atoms with E-state index in [1.807, 2.05) is 6.92 Å². The summed E-state index contributed by atoms with van der Waals surface area (Å²) in [5.74, 6) is -0.0102. The SMILES string of the molecule is Cc1cc(C(=O)Cc2cc(Cl)ccc2Cl)ccc1Cl. The van der Waals surface area contributed by atoms with Crippen LogP contribution in [0.3, 0.4) is 0 Å². The maximum atomic E-state index is 12.2. The molecule has 0 heterocycles. The van der Waals surface area contributed by atoms with Crippen LogP contribution in [-0.4, -0.2) is 5.78 Å². The summed E-state index contributed by atoms with van der Waals surface area (Å²) in [6, 6.07) is 10.3. The number of rotatable bonds is 3. The molecule has 0 radical (unpaired) electrons. The van der Waals surface area contributed by atoms with Gasteiger partial charge in [0.2, 0.25) is 0 Å². The molecule has 2 rings (SSSR count). The van der Waals surface area contributed by atoms with Gasteiger partial charge in [0.25, 0.3) is 0 Å². The Morgan fingerprint density at radius 2 is 1.68 bits per heavy atom. The van der Waals surface area contributed by atoms with Crippen molar-refractivity contribution in [1.82, 2.24) is 0 Å². The van der Waals surface area contributed by atoms with Crippen molar-refractivity contribution in [2.75, 3.05) is 0 Å². The van der Waals surface area contributed by atoms with E-state index >= 15 is 0 Å². The minimum absolute atomic E-state index is 0.0102. The van der Waals surface area contributed by atoms with Gasteiger partial charge in [-0.05, 0) is 54.4 Å². The summed E-state index contributed by atoms with van der Waals surface area (Å²) in [6.07, 6.45) is 0.223. The van der Waals surface area contributed by atoms with Crippen LogP contribution in [0.5, 0.6) is 0 Å². The van der Waals surface area contributed by atoms with E-state index in [9.17, 15) is 4.79 Å². The Balaban J connectivity index is 2.25. The highest BCUT2D eigenvalue weighted by molar-refractivity contribution is 6.34. The molecule has 98 valence electrons. The van der Waals surface area contributed by atoms with Crippen LogP contribution >= 0.6 is 34.8 Å². The molecule has 0 saturated carbocycles. The van der Waals surface area contributed by atoms with Gasteiger partial charge in [-0.15, -0.1) is 0 Å². The lowest BCUT2D eigenvalue weighted by molar-refractivity contribution is 0.0993. The smallest absolute Gasteiger partial charge is 0.167 e. The zero-order chi connectivity index (χ0) is 14.0. The number of Topliss-reactive ketones (excluding diaryl/α,β-unsaturated/α-hetero) is 1. The van der Waals surface area contributed by atoms with E-state index in [0.29, 0.717) is 20.6 Å². The second kappa shape index (κ2) is 5.96. The van der Waals surface area contributed by atoms with Gasteiger partial charge >= 0.3 is 0 Å². The molecule has 0 fully saturated rings. The fraction of sp³-hybridized carbons (Fsp3) is 0.133. The predicted molar refractivity (Wildman–Crippen MR) is 80.7 cm³/mol. The van der Waals surface area contributed by atoms with Crippen LogP contribution in [0.2, 0.25) is 15.1 Å². The summed E-state index contributed by atoms with van der Waals surface area (Å²) in [5, 5.41) is 1.76. The highest BCUT2D eigenvalue weighted by Crippen LogP contribution is 2.23. The van der Waals surface area contributed by atoms with Crippen LogP contribution in [0.15, 0.2) is 36.4 Å². The van der Waals surface area contributed by atoms with E-state index in [1.165, 1.54) is 0 Å². The van der Waals surface area contributed by atoms with Crippen LogP contribution in [0.1, 0.15) is 21.5 Å². The summed E-state index contributed by atoms with van der Waals surface area (Å²) in [7, 11) is 0. The first-order valence-corrected chi connectivity index (χ1v) is 6.84. The fourth-order valence-corrected chi connectivity index (χ4v) is 2.27. The lowest BCUT2D eigenvalue weighted by Gasteiger charge is -2.06. The van der Waals surface area contributed by atoms with Crippen molar-refractivity contribution in [2.45, 2.75) is 13.3 Å². The first kappa shape index (κ1) is 14.4. The molecule has 0 unspecified atom stereocenters. The van der Waals surface area contributed by atoms with Gasteiger partial charge in [0, 0.05) is 27.1 Å². The van der Waals surface area contributed by atoms with Gasteiger partial charge in [-0.2, -0.15) is 0 Å². The van der Waals surface area contributed by atoms with E-state index in [1.54, 1.807) is 36.4 Å². The van der Waals surface area contributed by atoms with Gasteiger partial charge in [0.1, 0.15) is 0 Å². The molecule has 2 aromatic rings. The Morgan fingerprint density at radius 3 is 2.37 bits per heavy atom. The molecule has 1 nitrogen and oxygen atoms in total. The van der Waals surface area contributed by atoms with Gasteiger partial charge in [0.05, 0.1) is 0 Å². The highest BCUT2D eigenvalue weighted by Gasteiger charge is 2.11. The van der Waals surface area contributed by atoms with Crippen LogP contribution in [0, 0.1) is 6.92 Å². The molecular formula is C15H11Cl3O. The molecule has 0 bridgehead atoms. The van der Waals surface area contributed by atoms with Crippen molar-refractivity contribution in [1.29, 1.82) is 0 Å². The third-order valence-corrected chi connectivity index (χ3v) is 3.87. The van der Waals surface area contributed by atoms with Crippen molar-refractivity contribution >= 4 is 40.6 Å². The Morgan fingerprint density at radius 1 is 1.00 bits per heavy atom. The fourth-order valence-electron chi connectivity index (χ4n) is 1.77. The first-order chi connectivity index (χ1) is 8.97. The molecule has 0 saturated heterocycles. The summed E-state index contributed by atoms with van der Waals surface area (Å²) < 4.78 is 0. The number of hydrogen-bond donors (Lipinski definition) is 0. The Kier molecular flexibility index (Phi) is 4.51. The highest BCUT2D eigenvalue weighted by atomic mass is 35.5. The average Bonchev–Trinajstić information content (AvgIpc) is 2.37. The van der Waals surface area contributed by atoms with Gasteiger partial charge in [-0.1, -0.05) is 34.8 Å². The number of benzene rings is 2. The molecule has 0 N–H and O–H groups in total. The van der Waals surface area contributed by atoms with Crippen molar-refractivity contribution in [3.05, 3.63) is 68.2 Å². The first-order valence-electron chi connectivity index (χ1n) is 5.70. The van der Waals surface area contributed by atoms with Gasteiger partial charge < -0.3 is 0 Å². The van der Waals surface area contributed by atoms with Crippen LogP contribution in [-0.2, 0) is 6.42 Å². The molecule has 0 spiro atoms. The van der Waals surface area contributed by atoms with Crippen molar-refractivity contribution in [3.63, 3.8) is 0 Å². The van der Waals surface area contributed by atoms with Crippen LogP contribution < -0.4 is 0 Å². The molecule has 0 aliphatic carbocycles. The number of hydrogen-bond acceptors (Lipinski definition) is 1. The zero-order valence-corrected chi connectivity index (χ0v) is 12.5. The maximum Gasteiger partial charge on any atom is 0.167 e. The summed E-state index contributed by atoms with van der Waals surface area (Å²) in [4.78, 5) is 12.2. The van der Waals surface area contributed by atoms with Gasteiger partial charge in [-0.25, -0.2) is 0 Å². The summed E-state index contributed by atoms with van der Waals surface area (Å²) in [6.45, 7) is 1.87. The Bertz CT molecular complexity index is 635. The zero-order valence-electron chi connectivity index (χ0n) is 10.2. The van der Waals surface area contributed by atoms with E-state index < -0.39 is 0 Å². The summed E-state index contributed by atoms with van der Waals surface area (Å²) >= 11 is 17.9. The van der Waals surface area contributed by atoms with Gasteiger partial charge in [-0.3, -0.25) is 4.79 Å². The third-order valence-electron chi connectivity index (χ3n) is 2.84. The largest absolute Gasteiger partial charge is 0.294 e. The van der Waals surface area contributed by atoms with Crippen molar-refractivity contribution < 1.29 is 4.79 Å². The lowest BCUT2D eigenvalue weighted by Crippen LogP contribution is -2.04. The van der Waals surface area contributed by atoms with Crippen LogP contribution in [0.25, 0.3) is 0 Å². The molecular weight excluding hydrogens is 303 g/mol. The van der Waals surface area contributed by atoms with E-state index in [4.69, 9.17) is 34.8 Å². The minimum Gasteiger partial charge on any atom is -0.294 e. The van der Waals surface area contributed by atoms with Crippen LogP contribution in [0.4, 0.5) is 0 Å². The number of ketones is 1.